The summed E-state index contributed by atoms with van der Waals surface area (Å²) in [5, 5.41) is 5.35. The molecule has 0 fully saturated rings. The summed E-state index contributed by atoms with van der Waals surface area (Å²) >= 11 is 0. The molecule has 7 heteroatoms. The lowest BCUT2D eigenvalue weighted by molar-refractivity contribution is 0.201. The van der Waals surface area contributed by atoms with E-state index in [0.29, 0.717) is 12.4 Å². The van der Waals surface area contributed by atoms with E-state index in [-0.39, 0.29) is 24.4 Å². The number of nitrogens with one attached hydrogen (secondary N) is 2. The van der Waals surface area contributed by atoms with Gasteiger partial charge in [-0.1, -0.05) is 12.1 Å². The molecule has 0 unspecified atom stereocenters. The Hall–Kier alpha value is -2.70. The summed E-state index contributed by atoms with van der Waals surface area (Å²) in [6.45, 7) is 4.09. The summed E-state index contributed by atoms with van der Waals surface area (Å²) in [7, 11) is 0. The van der Waals surface area contributed by atoms with Crippen LogP contribution in [-0.2, 0) is 6.54 Å². The minimum absolute atomic E-state index is 0.165. The van der Waals surface area contributed by atoms with E-state index in [2.05, 4.69) is 20.6 Å². The molecular weight excluding hydrogens is 299 g/mol. The highest BCUT2D eigenvalue weighted by Crippen LogP contribution is 2.16. The molecule has 1 atom stereocenters. The average molecular weight is 318 g/mol. The number of hydrogen-bond acceptors (Lipinski definition) is 4. The Morgan fingerprint density at radius 1 is 1.30 bits per heavy atom. The molecule has 0 bridgehead atoms. The normalized spacial score (nSPS) is 11.6. The Kier molecular flexibility index (Phi) is 5.85. The van der Waals surface area contributed by atoms with Gasteiger partial charge in [-0.2, -0.15) is 0 Å². The van der Waals surface area contributed by atoms with Crippen LogP contribution in [0.1, 0.15) is 18.4 Å². The number of aryl methyl sites for hydroxylation is 1. The number of nitrogens with zero attached hydrogens (tertiary/aromatic N) is 2. The molecule has 1 aromatic carbocycles. The number of benzene rings is 1. The molecule has 0 aliphatic rings. The van der Waals surface area contributed by atoms with Gasteiger partial charge in [0.25, 0.3) is 0 Å². The molecule has 2 amide bonds. The number of ether oxygens (including phenoxy) is 1. The van der Waals surface area contributed by atoms with Crippen molar-refractivity contribution in [2.75, 3.05) is 6.54 Å². The third-order valence-electron chi connectivity index (χ3n) is 2.98. The Labute approximate surface area is 134 Å². The van der Waals surface area contributed by atoms with E-state index in [0.717, 1.165) is 5.69 Å². The molecule has 0 spiro atoms. The Morgan fingerprint density at radius 2 is 2.09 bits per heavy atom. The molecule has 2 rings (SSSR count). The van der Waals surface area contributed by atoms with Gasteiger partial charge in [0.2, 0.25) is 0 Å². The lowest BCUT2D eigenvalue weighted by atomic mass is 10.3. The van der Waals surface area contributed by atoms with Crippen molar-refractivity contribution in [3.05, 3.63) is 53.9 Å². The zero-order valence-electron chi connectivity index (χ0n) is 13.0. The van der Waals surface area contributed by atoms with Crippen molar-refractivity contribution in [3.8, 4) is 5.75 Å². The summed E-state index contributed by atoms with van der Waals surface area (Å²) in [5.41, 5.74) is 0.725. The summed E-state index contributed by atoms with van der Waals surface area (Å²) < 4.78 is 18.9. The molecule has 0 saturated carbocycles. The van der Waals surface area contributed by atoms with Gasteiger partial charge in [0, 0.05) is 6.20 Å². The highest BCUT2D eigenvalue weighted by Gasteiger charge is 2.09. The van der Waals surface area contributed by atoms with Crippen LogP contribution in [0.4, 0.5) is 9.18 Å². The van der Waals surface area contributed by atoms with Gasteiger partial charge in [-0.25, -0.2) is 19.2 Å². The number of amides is 2. The van der Waals surface area contributed by atoms with E-state index in [1.54, 1.807) is 44.3 Å². The number of hydrogen-bond donors (Lipinski definition) is 2. The molecule has 2 N–H and O–H groups in total. The highest BCUT2D eigenvalue weighted by atomic mass is 19.1. The Bertz CT molecular complexity index is 666. The molecule has 0 saturated heterocycles. The van der Waals surface area contributed by atoms with Crippen molar-refractivity contribution >= 4 is 6.03 Å². The second kappa shape index (κ2) is 8.07. The first kappa shape index (κ1) is 16.7. The summed E-state index contributed by atoms with van der Waals surface area (Å²) in [6, 6.07) is 7.54. The molecule has 1 heterocycles. The molecule has 0 radical (unpaired) electrons. The Morgan fingerprint density at radius 3 is 2.83 bits per heavy atom. The summed E-state index contributed by atoms with van der Waals surface area (Å²) in [5.74, 6) is 0.387. The molecule has 23 heavy (non-hydrogen) atoms. The van der Waals surface area contributed by atoms with E-state index in [1.807, 2.05) is 0 Å². The molecular formula is C16H19FN4O2. The predicted octanol–water partition coefficient (Wildman–Crippen LogP) is 2.19. The van der Waals surface area contributed by atoms with Gasteiger partial charge in [-0.05, 0) is 32.0 Å². The third-order valence-corrected chi connectivity index (χ3v) is 2.98. The fraction of sp³-hybridized carbons (Fsp3) is 0.312. The van der Waals surface area contributed by atoms with Gasteiger partial charge in [-0.15, -0.1) is 0 Å². The summed E-state index contributed by atoms with van der Waals surface area (Å²) in [4.78, 5) is 19.9. The van der Waals surface area contributed by atoms with Gasteiger partial charge < -0.3 is 15.4 Å². The standard InChI is InChI=1S/C16H19FN4O2/c1-11(23-15-6-4-3-5-14(15)17)9-19-16(22)20-10-13-7-8-18-12(2)21-13/h3-8,11H,9-10H2,1-2H3,(H2,19,20,22)/t11-/m0/s1. The fourth-order valence-corrected chi connectivity index (χ4v) is 1.87. The van der Waals surface area contributed by atoms with E-state index >= 15 is 0 Å². The van der Waals surface area contributed by atoms with Crippen molar-refractivity contribution in [3.63, 3.8) is 0 Å². The van der Waals surface area contributed by atoms with Crippen LogP contribution in [0, 0.1) is 12.7 Å². The van der Waals surface area contributed by atoms with E-state index in [9.17, 15) is 9.18 Å². The number of carbonyl (C=O) groups excluding carboxylic acids is 1. The minimum Gasteiger partial charge on any atom is -0.486 e. The number of para-hydroxylation sites is 1. The third kappa shape index (κ3) is 5.54. The van der Waals surface area contributed by atoms with Crippen LogP contribution in [0.25, 0.3) is 0 Å². The zero-order chi connectivity index (χ0) is 16.7. The zero-order valence-corrected chi connectivity index (χ0v) is 13.0. The van der Waals surface area contributed by atoms with Crippen molar-refractivity contribution in [1.82, 2.24) is 20.6 Å². The summed E-state index contributed by atoms with van der Waals surface area (Å²) in [6.07, 6.45) is 1.28. The van der Waals surface area contributed by atoms with E-state index < -0.39 is 5.82 Å². The first-order valence-corrected chi connectivity index (χ1v) is 7.26. The van der Waals surface area contributed by atoms with Crippen molar-refractivity contribution in [2.24, 2.45) is 0 Å². The number of rotatable bonds is 6. The van der Waals surface area contributed by atoms with Gasteiger partial charge in [0.1, 0.15) is 11.9 Å². The monoisotopic (exact) mass is 318 g/mol. The first-order chi connectivity index (χ1) is 11.0. The molecule has 122 valence electrons. The lowest BCUT2D eigenvalue weighted by Gasteiger charge is -2.16. The maximum absolute atomic E-state index is 13.5. The topological polar surface area (TPSA) is 76.1 Å². The number of carbonyl (C=O) groups is 1. The van der Waals surface area contributed by atoms with Crippen LogP contribution in [0.15, 0.2) is 36.5 Å². The van der Waals surface area contributed by atoms with Gasteiger partial charge >= 0.3 is 6.03 Å². The van der Waals surface area contributed by atoms with Gasteiger partial charge in [0.15, 0.2) is 11.6 Å². The highest BCUT2D eigenvalue weighted by molar-refractivity contribution is 5.73. The number of halogens is 1. The molecule has 0 aliphatic heterocycles. The quantitative estimate of drug-likeness (QED) is 0.856. The van der Waals surface area contributed by atoms with E-state index in [4.69, 9.17) is 4.74 Å². The van der Waals surface area contributed by atoms with Crippen molar-refractivity contribution in [1.29, 1.82) is 0 Å². The van der Waals surface area contributed by atoms with Crippen LogP contribution in [0.2, 0.25) is 0 Å². The number of urea groups is 1. The van der Waals surface area contributed by atoms with Crippen LogP contribution >= 0.6 is 0 Å². The average Bonchev–Trinajstić information content (AvgIpc) is 2.53. The van der Waals surface area contributed by atoms with Crippen LogP contribution < -0.4 is 15.4 Å². The Balaban J connectivity index is 1.72. The molecule has 0 aliphatic carbocycles. The SMILES string of the molecule is Cc1nccc(CNC(=O)NC[C@H](C)Oc2ccccc2F)n1. The lowest BCUT2D eigenvalue weighted by Crippen LogP contribution is -2.40. The number of aromatic nitrogens is 2. The maximum Gasteiger partial charge on any atom is 0.315 e. The second-order valence-electron chi connectivity index (χ2n) is 5.02. The van der Waals surface area contributed by atoms with Crippen molar-refractivity contribution in [2.45, 2.75) is 26.5 Å². The first-order valence-electron chi connectivity index (χ1n) is 7.26. The van der Waals surface area contributed by atoms with Gasteiger partial charge in [-0.3, -0.25) is 0 Å². The fourth-order valence-electron chi connectivity index (χ4n) is 1.87. The molecule has 1 aromatic heterocycles. The van der Waals surface area contributed by atoms with Crippen LogP contribution in [0.3, 0.4) is 0 Å². The minimum atomic E-state index is -0.428. The predicted molar refractivity (Wildman–Crippen MR) is 83.5 cm³/mol. The maximum atomic E-state index is 13.5. The van der Waals surface area contributed by atoms with Crippen LogP contribution in [0.5, 0.6) is 5.75 Å². The van der Waals surface area contributed by atoms with E-state index in [1.165, 1.54) is 6.07 Å². The molecule has 2 aromatic rings. The smallest absolute Gasteiger partial charge is 0.315 e. The molecule has 6 nitrogen and oxygen atoms in total. The second-order valence-corrected chi connectivity index (χ2v) is 5.02. The van der Waals surface area contributed by atoms with Gasteiger partial charge in [0.05, 0.1) is 18.8 Å². The van der Waals surface area contributed by atoms with Crippen molar-refractivity contribution < 1.29 is 13.9 Å². The van der Waals surface area contributed by atoms with Crippen LogP contribution in [-0.4, -0.2) is 28.6 Å². The largest absolute Gasteiger partial charge is 0.486 e.